The van der Waals surface area contributed by atoms with Crippen LogP contribution in [0.3, 0.4) is 0 Å². The highest BCUT2D eigenvalue weighted by Gasteiger charge is 1.88. The summed E-state index contributed by atoms with van der Waals surface area (Å²) in [4.78, 5) is 9.44. The Morgan fingerprint density at radius 2 is 1.92 bits per heavy atom. The molecule has 0 bridgehead atoms. The standard InChI is InChI=1S/C7H7BrO.C3H6O/c1-9-7-4-2-3-6(8)5-7;1-3(2)4/h2-5H,1H3;1-2H3. The Morgan fingerprint density at radius 1 is 1.38 bits per heavy atom. The third-order valence-corrected chi connectivity index (χ3v) is 1.53. The van der Waals surface area contributed by atoms with E-state index >= 15 is 0 Å². The van der Waals surface area contributed by atoms with Crippen molar-refractivity contribution in [2.45, 2.75) is 13.8 Å². The first kappa shape index (κ1) is 12.2. The van der Waals surface area contributed by atoms with Crippen LogP contribution in [-0.4, -0.2) is 12.9 Å². The molecule has 1 rings (SSSR count). The molecule has 0 radical (unpaired) electrons. The molecule has 0 atom stereocenters. The number of ketones is 1. The zero-order valence-electron chi connectivity index (χ0n) is 8.00. The lowest BCUT2D eigenvalue weighted by molar-refractivity contribution is -0.114. The number of methoxy groups -OCH3 is 1. The average Bonchev–Trinajstić information content (AvgIpc) is 2.03. The molecule has 0 saturated carbocycles. The van der Waals surface area contributed by atoms with E-state index in [4.69, 9.17) is 4.74 Å². The highest BCUT2D eigenvalue weighted by atomic mass is 79.9. The lowest BCUT2D eigenvalue weighted by Gasteiger charge is -1.96. The van der Waals surface area contributed by atoms with Gasteiger partial charge < -0.3 is 9.53 Å². The van der Waals surface area contributed by atoms with Crippen LogP contribution >= 0.6 is 15.9 Å². The highest BCUT2D eigenvalue weighted by Crippen LogP contribution is 2.16. The fraction of sp³-hybridized carbons (Fsp3) is 0.300. The Labute approximate surface area is 87.0 Å². The minimum Gasteiger partial charge on any atom is -0.497 e. The summed E-state index contributed by atoms with van der Waals surface area (Å²) in [5.74, 6) is 1.05. The van der Waals surface area contributed by atoms with Crippen molar-refractivity contribution in [3.63, 3.8) is 0 Å². The van der Waals surface area contributed by atoms with Crippen molar-refractivity contribution < 1.29 is 9.53 Å². The Morgan fingerprint density at radius 3 is 2.23 bits per heavy atom. The molecule has 1 aromatic carbocycles. The van der Waals surface area contributed by atoms with Gasteiger partial charge >= 0.3 is 0 Å². The van der Waals surface area contributed by atoms with Crippen molar-refractivity contribution in [3.8, 4) is 5.75 Å². The second-order valence-corrected chi connectivity index (χ2v) is 3.49. The maximum atomic E-state index is 9.44. The molecule has 3 heteroatoms. The molecule has 0 aliphatic heterocycles. The van der Waals surface area contributed by atoms with Gasteiger partial charge in [0.05, 0.1) is 7.11 Å². The number of rotatable bonds is 1. The van der Waals surface area contributed by atoms with Crippen LogP contribution in [0.25, 0.3) is 0 Å². The van der Waals surface area contributed by atoms with E-state index in [2.05, 4.69) is 15.9 Å². The summed E-state index contributed by atoms with van der Waals surface area (Å²) in [5, 5.41) is 0. The largest absolute Gasteiger partial charge is 0.497 e. The van der Waals surface area contributed by atoms with Crippen LogP contribution in [0.4, 0.5) is 0 Å². The number of halogens is 1. The van der Waals surface area contributed by atoms with Gasteiger partial charge in [-0.2, -0.15) is 0 Å². The zero-order valence-corrected chi connectivity index (χ0v) is 9.59. The topological polar surface area (TPSA) is 26.3 Å². The van der Waals surface area contributed by atoms with E-state index in [0.29, 0.717) is 0 Å². The van der Waals surface area contributed by atoms with Gasteiger partial charge in [-0.1, -0.05) is 22.0 Å². The third-order valence-electron chi connectivity index (χ3n) is 1.03. The summed E-state index contributed by atoms with van der Waals surface area (Å²) in [5.41, 5.74) is 0. The molecule has 0 heterocycles. The molecule has 0 saturated heterocycles. The molecule has 2 nitrogen and oxygen atoms in total. The quantitative estimate of drug-likeness (QED) is 0.760. The molecule has 0 unspecified atom stereocenters. The molecule has 0 aliphatic rings. The van der Waals surface area contributed by atoms with Crippen molar-refractivity contribution in [1.82, 2.24) is 0 Å². The fourth-order valence-corrected chi connectivity index (χ4v) is 0.972. The Balaban J connectivity index is 0.000000310. The van der Waals surface area contributed by atoms with Gasteiger partial charge in [0.25, 0.3) is 0 Å². The van der Waals surface area contributed by atoms with E-state index in [9.17, 15) is 4.79 Å². The van der Waals surface area contributed by atoms with E-state index in [1.54, 1.807) is 7.11 Å². The Kier molecular flexibility index (Phi) is 6.24. The Hall–Kier alpha value is -0.830. The van der Waals surface area contributed by atoms with Crippen molar-refractivity contribution >= 4 is 21.7 Å². The molecule has 0 amide bonds. The number of benzene rings is 1. The maximum Gasteiger partial charge on any atom is 0.126 e. The van der Waals surface area contributed by atoms with Gasteiger partial charge in [0.15, 0.2) is 0 Å². The molecule has 0 aromatic heterocycles. The molecule has 0 fully saturated rings. The first-order chi connectivity index (χ1) is 6.06. The van der Waals surface area contributed by atoms with Crippen molar-refractivity contribution in [3.05, 3.63) is 28.7 Å². The van der Waals surface area contributed by atoms with Crippen LogP contribution in [0.5, 0.6) is 5.75 Å². The van der Waals surface area contributed by atoms with Crippen molar-refractivity contribution in [2.75, 3.05) is 7.11 Å². The lowest BCUT2D eigenvalue weighted by Crippen LogP contribution is -1.79. The number of hydrogen-bond acceptors (Lipinski definition) is 2. The number of Topliss-reactive ketones (excluding diaryl/α,β-unsaturated/α-hetero) is 1. The normalized spacial score (nSPS) is 8.31. The van der Waals surface area contributed by atoms with Gasteiger partial charge in [-0.15, -0.1) is 0 Å². The maximum absolute atomic E-state index is 9.44. The fourth-order valence-electron chi connectivity index (χ4n) is 0.594. The highest BCUT2D eigenvalue weighted by molar-refractivity contribution is 9.10. The van der Waals surface area contributed by atoms with Gasteiger partial charge in [0, 0.05) is 4.47 Å². The predicted molar refractivity (Wildman–Crippen MR) is 57.0 cm³/mol. The molecule has 0 N–H and O–H groups in total. The summed E-state index contributed by atoms with van der Waals surface area (Å²) >= 11 is 3.32. The van der Waals surface area contributed by atoms with E-state index < -0.39 is 0 Å². The third kappa shape index (κ3) is 7.53. The molecule has 72 valence electrons. The summed E-state index contributed by atoms with van der Waals surface area (Å²) in [6.07, 6.45) is 0. The first-order valence-electron chi connectivity index (χ1n) is 3.83. The smallest absolute Gasteiger partial charge is 0.126 e. The number of carbonyl (C=O) groups excluding carboxylic acids is 1. The monoisotopic (exact) mass is 244 g/mol. The van der Waals surface area contributed by atoms with Crippen LogP contribution in [0, 0.1) is 0 Å². The van der Waals surface area contributed by atoms with E-state index in [1.165, 1.54) is 13.8 Å². The number of ether oxygens (including phenoxy) is 1. The minimum atomic E-state index is 0.167. The van der Waals surface area contributed by atoms with E-state index in [1.807, 2.05) is 24.3 Å². The second kappa shape index (κ2) is 6.66. The SMILES string of the molecule is CC(C)=O.COc1cccc(Br)c1. The summed E-state index contributed by atoms with van der Waals surface area (Å²) in [6.45, 7) is 3.06. The molecule has 13 heavy (non-hydrogen) atoms. The van der Waals surface area contributed by atoms with Gasteiger partial charge in [0.2, 0.25) is 0 Å². The lowest BCUT2D eigenvalue weighted by atomic mass is 10.3. The molecule has 0 aliphatic carbocycles. The number of hydrogen-bond donors (Lipinski definition) is 0. The first-order valence-corrected chi connectivity index (χ1v) is 4.62. The van der Waals surface area contributed by atoms with Crippen molar-refractivity contribution in [1.29, 1.82) is 0 Å². The molecule has 0 spiro atoms. The molecular formula is C10H13BrO2. The van der Waals surface area contributed by atoms with E-state index in [-0.39, 0.29) is 5.78 Å². The van der Waals surface area contributed by atoms with Gasteiger partial charge in [-0.25, -0.2) is 0 Å². The zero-order chi connectivity index (χ0) is 10.3. The molecule has 1 aromatic rings. The van der Waals surface area contributed by atoms with Gasteiger partial charge in [-0.3, -0.25) is 0 Å². The van der Waals surface area contributed by atoms with Gasteiger partial charge in [-0.05, 0) is 32.0 Å². The van der Waals surface area contributed by atoms with Crippen LogP contribution in [0.2, 0.25) is 0 Å². The summed E-state index contributed by atoms with van der Waals surface area (Å²) < 4.78 is 6.01. The predicted octanol–water partition coefficient (Wildman–Crippen LogP) is 3.05. The second-order valence-electron chi connectivity index (χ2n) is 2.57. The number of carbonyl (C=O) groups is 1. The average molecular weight is 245 g/mol. The van der Waals surface area contributed by atoms with Crippen molar-refractivity contribution in [2.24, 2.45) is 0 Å². The molecular weight excluding hydrogens is 232 g/mol. The summed E-state index contributed by atoms with van der Waals surface area (Å²) in [6, 6.07) is 7.72. The summed E-state index contributed by atoms with van der Waals surface area (Å²) in [7, 11) is 1.65. The van der Waals surface area contributed by atoms with Crippen LogP contribution < -0.4 is 4.74 Å². The van der Waals surface area contributed by atoms with Crippen LogP contribution in [-0.2, 0) is 4.79 Å². The van der Waals surface area contributed by atoms with E-state index in [0.717, 1.165) is 10.2 Å². The van der Waals surface area contributed by atoms with Gasteiger partial charge in [0.1, 0.15) is 11.5 Å². The van der Waals surface area contributed by atoms with Crippen LogP contribution in [0.1, 0.15) is 13.8 Å². The Bertz CT molecular complexity index is 267. The minimum absolute atomic E-state index is 0.167. The van der Waals surface area contributed by atoms with Crippen LogP contribution in [0.15, 0.2) is 28.7 Å².